The topological polar surface area (TPSA) is 50.9 Å². The van der Waals surface area contributed by atoms with Crippen molar-refractivity contribution >= 4 is 11.0 Å². The Morgan fingerprint density at radius 2 is 2.23 bits per heavy atom. The van der Waals surface area contributed by atoms with Gasteiger partial charge in [0, 0.05) is 7.05 Å². The van der Waals surface area contributed by atoms with Crippen molar-refractivity contribution in [2.24, 2.45) is 7.05 Å². The summed E-state index contributed by atoms with van der Waals surface area (Å²) in [5.41, 5.74) is 2.67. The maximum atomic E-state index is 9.33. The highest BCUT2D eigenvalue weighted by Crippen LogP contribution is 2.17. The fraction of sp³-hybridized carbons (Fsp3) is 0.333. The van der Waals surface area contributed by atoms with E-state index >= 15 is 0 Å². The summed E-state index contributed by atoms with van der Waals surface area (Å²) in [6, 6.07) is 5.65. The van der Waals surface area contributed by atoms with Crippen molar-refractivity contribution in [3.63, 3.8) is 0 Å². The molecular formula is C9H11N3O. The summed E-state index contributed by atoms with van der Waals surface area (Å²) in [5.74, 6) is 0. The van der Waals surface area contributed by atoms with Gasteiger partial charge in [-0.25, -0.2) is 4.68 Å². The molecule has 1 N–H and O–H groups in total. The summed E-state index contributed by atoms with van der Waals surface area (Å²) in [7, 11) is 1.84. The summed E-state index contributed by atoms with van der Waals surface area (Å²) < 4.78 is 1.71. The number of hydrogen-bond acceptors (Lipinski definition) is 3. The highest BCUT2D eigenvalue weighted by molar-refractivity contribution is 5.74. The normalized spacial score (nSPS) is 13.5. The van der Waals surface area contributed by atoms with E-state index in [1.807, 2.05) is 25.2 Å². The van der Waals surface area contributed by atoms with Crippen LogP contribution in [0.2, 0.25) is 0 Å². The Balaban J connectivity index is 2.63. The summed E-state index contributed by atoms with van der Waals surface area (Å²) in [6.45, 7) is 1.73. The Morgan fingerprint density at radius 3 is 2.92 bits per heavy atom. The smallest absolute Gasteiger partial charge is 0.113 e. The maximum Gasteiger partial charge on any atom is 0.113 e. The first-order chi connectivity index (χ1) is 6.18. The molecule has 0 saturated carbocycles. The molecule has 0 aliphatic heterocycles. The molecule has 68 valence electrons. The van der Waals surface area contributed by atoms with Crippen LogP contribution in [0.3, 0.4) is 0 Å². The van der Waals surface area contributed by atoms with Crippen molar-refractivity contribution in [3.05, 3.63) is 23.8 Å². The molecule has 0 amide bonds. The second-order valence-electron chi connectivity index (χ2n) is 3.14. The van der Waals surface area contributed by atoms with E-state index in [9.17, 15) is 5.11 Å². The lowest BCUT2D eigenvalue weighted by atomic mass is 10.1. The first kappa shape index (κ1) is 8.19. The van der Waals surface area contributed by atoms with Gasteiger partial charge in [0.2, 0.25) is 0 Å². The van der Waals surface area contributed by atoms with Crippen LogP contribution in [0.1, 0.15) is 18.6 Å². The summed E-state index contributed by atoms with van der Waals surface area (Å²) in [5, 5.41) is 17.2. The minimum absolute atomic E-state index is 0.452. The highest BCUT2D eigenvalue weighted by Gasteiger charge is 2.05. The van der Waals surface area contributed by atoms with Crippen LogP contribution >= 0.6 is 0 Å². The molecule has 1 aromatic carbocycles. The van der Waals surface area contributed by atoms with Crippen molar-refractivity contribution in [2.75, 3.05) is 0 Å². The number of aliphatic hydroxyl groups excluding tert-OH is 1. The fourth-order valence-electron chi connectivity index (χ4n) is 1.32. The third-order valence-corrected chi connectivity index (χ3v) is 2.12. The standard InChI is InChI=1S/C9H11N3O/c1-6(13)7-3-4-9-8(5-7)10-11-12(9)2/h3-6,13H,1-2H3. The first-order valence-electron chi connectivity index (χ1n) is 4.16. The molecule has 4 heteroatoms. The largest absolute Gasteiger partial charge is 0.389 e. The second kappa shape index (κ2) is 2.81. The number of benzene rings is 1. The van der Waals surface area contributed by atoms with Crippen LogP contribution in [0.15, 0.2) is 18.2 Å². The van der Waals surface area contributed by atoms with Crippen LogP contribution < -0.4 is 0 Å². The zero-order valence-electron chi connectivity index (χ0n) is 7.60. The van der Waals surface area contributed by atoms with Crippen LogP contribution in [0.5, 0.6) is 0 Å². The van der Waals surface area contributed by atoms with Crippen molar-refractivity contribution < 1.29 is 5.11 Å². The van der Waals surface area contributed by atoms with Gasteiger partial charge in [0.1, 0.15) is 5.52 Å². The van der Waals surface area contributed by atoms with Crippen molar-refractivity contribution in [1.82, 2.24) is 15.0 Å². The molecule has 0 radical (unpaired) electrons. The van der Waals surface area contributed by atoms with Crippen LogP contribution in [0.4, 0.5) is 0 Å². The number of aromatic nitrogens is 3. The van der Waals surface area contributed by atoms with Gasteiger partial charge in [0.15, 0.2) is 0 Å². The summed E-state index contributed by atoms with van der Waals surface area (Å²) in [6.07, 6.45) is -0.452. The van der Waals surface area contributed by atoms with Crippen molar-refractivity contribution in [2.45, 2.75) is 13.0 Å². The molecule has 0 spiro atoms. The lowest BCUT2D eigenvalue weighted by molar-refractivity contribution is 0.199. The minimum Gasteiger partial charge on any atom is -0.389 e. The van der Waals surface area contributed by atoms with Crippen LogP contribution in [-0.2, 0) is 7.05 Å². The van der Waals surface area contributed by atoms with E-state index < -0.39 is 6.10 Å². The van der Waals surface area contributed by atoms with Gasteiger partial charge in [-0.1, -0.05) is 11.3 Å². The van der Waals surface area contributed by atoms with Gasteiger partial charge >= 0.3 is 0 Å². The van der Waals surface area contributed by atoms with E-state index in [1.54, 1.807) is 11.6 Å². The van der Waals surface area contributed by atoms with Gasteiger partial charge in [-0.15, -0.1) is 5.10 Å². The van der Waals surface area contributed by atoms with E-state index in [-0.39, 0.29) is 0 Å². The minimum atomic E-state index is -0.452. The fourth-order valence-corrected chi connectivity index (χ4v) is 1.32. The number of nitrogens with zero attached hydrogens (tertiary/aromatic N) is 3. The zero-order chi connectivity index (χ0) is 9.42. The maximum absolute atomic E-state index is 9.33. The predicted octanol–water partition coefficient (Wildman–Crippen LogP) is 1.02. The van der Waals surface area contributed by atoms with Crippen molar-refractivity contribution in [1.29, 1.82) is 0 Å². The molecule has 0 bridgehead atoms. The van der Waals surface area contributed by atoms with Crippen LogP contribution in [0, 0.1) is 0 Å². The molecule has 0 fully saturated rings. The Hall–Kier alpha value is -1.42. The Kier molecular flexibility index (Phi) is 1.77. The Bertz CT molecular complexity index is 433. The summed E-state index contributed by atoms with van der Waals surface area (Å²) in [4.78, 5) is 0. The number of fused-ring (bicyclic) bond motifs is 1. The number of aliphatic hydroxyl groups is 1. The van der Waals surface area contributed by atoms with E-state index in [4.69, 9.17) is 0 Å². The molecule has 0 saturated heterocycles. The van der Waals surface area contributed by atoms with Gasteiger partial charge in [-0.3, -0.25) is 0 Å². The molecule has 13 heavy (non-hydrogen) atoms. The molecule has 0 aliphatic carbocycles. The SMILES string of the molecule is CC(O)c1ccc2c(c1)nnn2C. The highest BCUT2D eigenvalue weighted by atomic mass is 16.3. The van der Waals surface area contributed by atoms with Crippen molar-refractivity contribution in [3.8, 4) is 0 Å². The van der Waals surface area contributed by atoms with Gasteiger partial charge in [0.25, 0.3) is 0 Å². The van der Waals surface area contributed by atoms with E-state index in [2.05, 4.69) is 10.3 Å². The Labute approximate surface area is 75.8 Å². The summed E-state index contributed by atoms with van der Waals surface area (Å²) >= 11 is 0. The molecule has 1 atom stereocenters. The predicted molar refractivity (Wildman–Crippen MR) is 49.1 cm³/mol. The number of aryl methyl sites for hydroxylation is 1. The molecular weight excluding hydrogens is 166 g/mol. The van der Waals surface area contributed by atoms with Gasteiger partial charge in [-0.05, 0) is 24.6 Å². The third kappa shape index (κ3) is 1.29. The van der Waals surface area contributed by atoms with E-state index in [1.165, 1.54) is 0 Å². The van der Waals surface area contributed by atoms with Gasteiger partial charge in [0.05, 0.1) is 11.6 Å². The van der Waals surface area contributed by atoms with Crippen LogP contribution in [0.25, 0.3) is 11.0 Å². The van der Waals surface area contributed by atoms with Gasteiger partial charge in [-0.2, -0.15) is 0 Å². The van der Waals surface area contributed by atoms with Crippen LogP contribution in [-0.4, -0.2) is 20.1 Å². The lowest BCUT2D eigenvalue weighted by Gasteiger charge is -2.02. The Morgan fingerprint density at radius 1 is 1.46 bits per heavy atom. The molecule has 1 unspecified atom stereocenters. The molecule has 4 nitrogen and oxygen atoms in total. The number of hydrogen-bond donors (Lipinski definition) is 1. The lowest BCUT2D eigenvalue weighted by Crippen LogP contribution is -1.91. The second-order valence-corrected chi connectivity index (χ2v) is 3.14. The molecule has 0 aliphatic rings. The monoisotopic (exact) mass is 177 g/mol. The average Bonchev–Trinajstić information content (AvgIpc) is 2.47. The number of rotatable bonds is 1. The molecule has 2 rings (SSSR count). The van der Waals surface area contributed by atoms with E-state index in [0.717, 1.165) is 16.6 Å². The molecule has 1 heterocycles. The average molecular weight is 177 g/mol. The molecule has 1 aromatic heterocycles. The third-order valence-electron chi connectivity index (χ3n) is 2.12. The molecule has 2 aromatic rings. The zero-order valence-corrected chi connectivity index (χ0v) is 7.60. The quantitative estimate of drug-likeness (QED) is 0.707. The van der Waals surface area contributed by atoms with Gasteiger partial charge < -0.3 is 5.11 Å². The van der Waals surface area contributed by atoms with E-state index in [0.29, 0.717) is 0 Å². The first-order valence-corrected chi connectivity index (χ1v) is 4.16.